The Morgan fingerprint density at radius 1 is 1.06 bits per heavy atom. The van der Waals surface area contributed by atoms with Crippen LogP contribution in [0.5, 0.6) is 0 Å². The van der Waals surface area contributed by atoms with Crippen LogP contribution < -0.4 is 5.32 Å². The number of nitrogens with one attached hydrogen (secondary N) is 2. The third-order valence-electron chi connectivity index (χ3n) is 7.20. The van der Waals surface area contributed by atoms with E-state index in [9.17, 15) is 4.79 Å². The lowest BCUT2D eigenvalue weighted by Crippen LogP contribution is -2.38. The van der Waals surface area contributed by atoms with E-state index in [1.165, 1.54) is 27.1 Å². The van der Waals surface area contributed by atoms with Crippen LogP contribution in [0.4, 0.5) is 10.6 Å². The van der Waals surface area contributed by atoms with E-state index >= 15 is 0 Å². The highest BCUT2D eigenvalue weighted by molar-refractivity contribution is 7.16. The van der Waals surface area contributed by atoms with E-state index in [0.717, 1.165) is 28.7 Å². The zero-order chi connectivity index (χ0) is 24.5. The number of aromatic nitrogens is 2. The number of hydrogen-bond acceptors (Lipinski definition) is 5. The van der Waals surface area contributed by atoms with Gasteiger partial charge in [0, 0.05) is 41.6 Å². The summed E-state index contributed by atoms with van der Waals surface area (Å²) in [6.45, 7) is 2.41. The molecule has 2 aromatic heterocycles. The van der Waals surface area contributed by atoms with Crippen LogP contribution in [0, 0.1) is 0 Å². The molecule has 6 rings (SSSR count). The molecule has 0 bridgehead atoms. The molecule has 0 spiro atoms. The molecule has 2 aromatic carbocycles. The standard InChI is InChI=1S/C28H27ClN4O2S/c29-26-10-9-19(36-26)16-30-27-15-25(31-32-27)18-11-13-33(14-12-18)28(34)35-17-24-22-7-3-1-5-20(22)21-6-2-4-8-23(21)24/h1-10,15,18,24H,11-14,16-17H2,(H2,30,31,32). The van der Waals surface area contributed by atoms with Gasteiger partial charge in [-0.25, -0.2) is 4.79 Å². The number of ether oxygens (including phenoxy) is 1. The predicted molar refractivity (Wildman–Crippen MR) is 144 cm³/mol. The second-order valence-corrected chi connectivity index (χ2v) is 11.1. The van der Waals surface area contributed by atoms with Crippen molar-refractivity contribution in [3.63, 3.8) is 0 Å². The summed E-state index contributed by atoms with van der Waals surface area (Å²) in [7, 11) is 0. The maximum Gasteiger partial charge on any atom is 0.409 e. The minimum atomic E-state index is -0.225. The van der Waals surface area contributed by atoms with Crippen LogP contribution in [0.1, 0.15) is 46.4 Å². The molecule has 3 heterocycles. The Kier molecular flexibility index (Phi) is 6.42. The smallest absolute Gasteiger partial charge is 0.409 e. The fraction of sp³-hybridized carbons (Fsp3) is 0.286. The van der Waals surface area contributed by atoms with Crippen molar-refractivity contribution in [1.29, 1.82) is 0 Å². The number of benzene rings is 2. The van der Waals surface area contributed by atoms with E-state index in [2.05, 4.69) is 70.1 Å². The second kappa shape index (κ2) is 9.99. The first-order valence-electron chi connectivity index (χ1n) is 12.3. The number of thiophene rings is 1. The summed E-state index contributed by atoms with van der Waals surface area (Å²) >= 11 is 7.57. The molecule has 1 saturated heterocycles. The van der Waals surface area contributed by atoms with Crippen molar-refractivity contribution in [1.82, 2.24) is 15.1 Å². The van der Waals surface area contributed by atoms with Gasteiger partial charge in [-0.2, -0.15) is 5.10 Å². The first kappa shape index (κ1) is 23.1. The first-order valence-corrected chi connectivity index (χ1v) is 13.5. The lowest BCUT2D eigenvalue weighted by atomic mass is 9.94. The van der Waals surface area contributed by atoms with Gasteiger partial charge >= 0.3 is 6.09 Å². The summed E-state index contributed by atoms with van der Waals surface area (Å²) in [4.78, 5) is 15.9. The van der Waals surface area contributed by atoms with E-state index in [1.54, 1.807) is 11.3 Å². The summed E-state index contributed by atoms with van der Waals surface area (Å²) in [6.07, 6.45) is 1.54. The Hall–Kier alpha value is -3.29. The Bertz CT molecular complexity index is 1330. The average molecular weight is 519 g/mol. The molecule has 0 unspecified atom stereocenters. The lowest BCUT2D eigenvalue weighted by molar-refractivity contribution is 0.0902. The molecule has 0 atom stereocenters. The predicted octanol–water partition coefficient (Wildman–Crippen LogP) is 6.87. The van der Waals surface area contributed by atoms with E-state index in [4.69, 9.17) is 16.3 Å². The molecular formula is C28H27ClN4O2S. The molecule has 1 amide bonds. The number of piperidine rings is 1. The topological polar surface area (TPSA) is 70.2 Å². The molecule has 184 valence electrons. The number of nitrogens with zero attached hydrogens (tertiary/aromatic N) is 2. The zero-order valence-corrected chi connectivity index (χ0v) is 21.3. The third kappa shape index (κ3) is 4.61. The van der Waals surface area contributed by atoms with Gasteiger partial charge in [-0.1, -0.05) is 60.1 Å². The number of aromatic amines is 1. The van der Waals surface area contributed by atoms with Gasteiger partial charge in [0.2, 0.25) is 0 Å². The second-order valence-electron chi connectivity index (χ2n) is 9.33. The number of carbonyl (C=O) groups is 1. The first-order chi connectivity index (χ1) is 17.7. The SMILES string of the molecule is O=C(OCC1c2ccccc2-c2ccccc21)N1CCC(c2cc(NCc3ccc(Cl)s3)n[nH]2)CC1. The fourth-order valence-electron chi connectivity index (χ4n) is 5.32. The Morgan fingerprint density at radius 2 is 1.75 bits per heavy atom. The van der Waals surface area contributed by atoms with Gasteiger partial charge < -0.3 is 15.0 Å². The van der Waals surface area contributed by atoms with Crippen molar-refractivity contribution >= 4 is 34.8 Å². The monoisotopic (exact) mass is 518 g/mol. The number of carbonyl (C=O) groups excluding carboxylic acids is 1. The molecule has 0 radical (unpaired) electrons. The summed E-state index contributed by atoms with van der Waals surface area (Å²) in [6, 6.07) is 22.8. The number of fused-ring (bicyclic) bond motifs is 3. The van der Waals surface area contributed by atoms with Crippen LogP contribution in [0.3, 0.4) is 0 Å². The summed E-state index contributed by atoms with van der Waals surface area (Å²) in [5, 5.41) is 10.9. The number of rotatable bonds is 6. The quantitative estimate of drug-likeness (QED) is 0.292. The fourth-order valence-corrected chi connectivity index (χ4v) is 6.35. The van der Waals surface area contributed by atoms with Crippen molar-refractivity contribution in [2.75, 3.05) is 25.0 Å². The van der Waals surface area contributed by atoms with Crippen LogP contribution in [0.2, 0.25) is 4.34 Å². The van der Waals surface area contributed by atoms with E-state index in [-0.39, 0.29) is 12.0 Å². The molecule has 6 nitrogen and oxygen atoms in total. The van der Waals surface area contributed by atoms with Crippen molar-refractivity contribution in [2.24, 2.45) is 0 Å². The number of hydrogen-bond donors (Lipinski definition) is 2. The molecule has 1 aliphatic heterocycles. The summed E-state index contributed by atoms with van der Waals surface area (Å²) in [5.74, 6) is 1.26. The van der Waals surface area contributed by atoms with Crippen LogP contribution in [-0.2, 0) is 11.3 Å². The molecule has 4 aromatic rings. The van der Waals surface area contributed by atoms with E-state index in [1.807, 2.05) is 17.0 Å². The van der Waals surface area contributed by atoms with Crippen LogP contribution >= 0.6 is 22.9 Å². The third-order valence-corrected chi connectivity index (χ3v) is 8.43. The summed E-state index contributed by atoms with van der Waals surface area (Å²) < 4.78 is 6.64. The van der Waals surface area contributed by atoms with Gasteiger partial charge in [0.15, 0.2) is 0 Å². The number of H-pyrrole nitrogens is 1. The van der Waals surface area contributed by atoms with Gasteiger partial charge in [-0.15, -0.1) is 11.3 Å². The maximum atomic E-state index is 12.9. The number of anilines is 1. The van der Waals surface area contributed by atoms with Gasteiger partial charge in [0.1, 0.15) is 12.4 Å². The molecule has 0 saturated carbocycles. The minimum absolute atomic E-state index is 0.0833. The van der Waals surface area contributed by atoms with Crippen molar-refractivity contribution in [3.8, 4) is 11.1 Å². The van der Waals surface area contributed by atoms with Gasteiger partial charge in [-0.3, -0.25) is 5.10 Å². The van der Waals surface area contributed by atoms with Gasteiger partial charge in [0.05, 0.1) is 10.9 Å². The molecule has 1 fully saturated rings. The highest BCUT2D eigenvalue weighted by Gasteiger charge is 2.31. The number of halogens is 1. The van der Waals surface area contributed by atoms with Crippen molar-refractivity contribution in [3.05, 3.63) is 92.8 Å². The van der Waals surface area contributed by atoms with Crippen LogP contribution in [0.25, 0.3) is 11.1 Å². The number of likely N-dealkylation sites (tertiary alicyclic amines) is 1. The Morgan fingerprint density at radius 3 is 2.42 bits per heavy atom. The minimum Gasteiger partial charge on any atom is -0.448 e. The zero-order valence-electron chi connectivity index (χ0n) is 19.7. The Labute approximate surface area is 219 Å². The Balaban J connectivity index is 1.02. The normalized spacial score (nSPS) is 15.5. The number of amides is 1. The lowest BCUT2D eigenvalue weighted by Gasteiger charge is -2.31. The highest BCUT2D eigenvalue weighted by Crippen LogP contribution is 2.44. The molecule has 1 aliphatic carbocycles. The maximum absolute atomic E-state index is 12.9. The van der Waals surface area contributed by atoms with E-state index < -0.39 is 0 Å². The molecule has 36 heavy (non-hydrogen) atoms. The average Bonchev–Trinajstić information content (AvgIpc) is 3.64. The largest absolute Gasteiger partial charge is 0.448 e. The molecular weight excluding hydrogens is 492 g/mol. The van der Waals surface area contributed by atoms with Crippen LogP contribution in [-0.4, -0.2) is 40.9 Å². The highest BCUT2D eigenvalue weighted by atomic mass is 35.5. The van der Waals surface area contributed by atoms with Crippen molar-refractivity contribution < 1.29 is 9.53 Å². The van der Waals surface area contributed by atoms with Gasteiger partial charge in [-0.05, 0) is 47.2 Å². The molecule has 2 aliphatic rings. The van der Waals surface area contributed by atoms with Crippen LogP contribution in [0.15, 0.2) is 66.7 Å². The van der Waals surface area contributed by atoms with E-state index in [0.29, 0.717) is 32.2 Å². The molecule has 2 N–H and O–H groups in total. The van der Waals surface area contributed by atoms with Gasteiger partial charge in [0.25, 0.3) is 0 Å². The molecule has 8 heteroatoms. The summed E-state index contributed by atoms with van der Waals surface area (Å²) in [5.41, 5.74) is 6.05. The van der Waals surface area contributed by atoms with Crippen molar-refractivity contribution in [2.45, 2.75) is 31.2 Å².